The summed E-state index contributed by atoms with van der Waals surface area (Å²) in [6.45, 7) is 10.1. The molecule has 2 fully saturated rings. The van der Waals surface area contributed by atoms with Gasteiger partial charge in [-0.25, -0.2) is 0 Å². The third-order valence-corrected chi connectivity index (χ3v) is 3.42. The molecule has 1 N–H and O–H groups in total. The average Bonchev–Trinajstić information content (AvgIpc) is 2.30. The lowest BCUT2D eigenvalue weighted by molar-refractivity contribution is -0.0992. The van der Waals surface area contributed by atoms with E-state index < -0.39 is 0 Å². The minimum Gasteiger partial charge on any atom is -0.376 e. The normalized spacial score (nSPS) is 31.9. The molecule has 2 saturated heterocycles. The molecule has 2 heterocycles. The van der Waals surface area contributed by atoms with E-state index in [4.69, 9.17) is 9.47 Å². The number of rotatable bonds is 4. The molecule has 0 amide bonds. The Morgan fingerprint density at radius 3 is 2.94 bits per heavy atom. The number of nitrogens with zero attached hydrogens (tertiary/aromatic N) is 1. The molecule has 0 aromatic rings. The van der Waals surface area contributed by atoms with Gasteiger partial charge in [-0.3, -0.25) is 4.90 Å². The number of hydrogen-bond donors (Lipinski definition) is 1. The summed E-state index contributed by atoms with van der Waals surface area (Å²) >= 11 is 0. The van der Waals surface area contributed by atoms with Gasteiger partial charge in [0.05, 0.1) is 25.9 Å². The second-order valence-electron chi connectivity index (χ2n) is 5.49. The first-order valence-corrected chi connectivity index (χ1v) is 6.92. The zero-order valence-electron chi connectivity index (χ0n) is 11.2. The van der Waals surface area contributed by atoms with Gasteiger partial charge < -0.3 is 14.8 Å². The molecule has 17 heavy (non-hydrogen) atoms. The van der Waals surface area contributed by atoms with Crippen LogP contribution in [0.4, 0.5) is 0 Å². The molecule has 2 aliphatic heterocycles. The fourth-order valence-corrected chi connectivity index (χ4v) is 2.76. The summed E-state index contributed by atoms with van der Waals surface area (Å²) in [4.78, 5) is 2.52. The highest BCUT2D eigenvalue weighted by atomic mass is 16.6. The summed E-state index contributed by atoms with van der Waals surface area (Å²) in [5.41, 5.74) is 0. The molecule has 2 rings (SSSR count). The van der Waals surface area contributed by atoms with Crippen molar-refractivity contribution in [3.05, 3.63) is 0 Å². The Morgan fingerprint density at radius 2 is 2.24 bits per heavy atom. The number of nitrogens with one attached hydrogen (secondary N) is 1. The first-order valence-electron chi connectivity index (χ1n) is 6.92. The summed E-state index contributed by atoms with van der Waals surface area (Å²) < 4.78 is 11.2. The number of piperidine rings is 1. The summed E-state index contributed by atoms with van der Waals surface area (Å²) in [5.74, 6) is 0. The van der Waals surface area contributed by atoms with E-state index in [1.54, 1.807) is 0 Å². The zero-order chi connectivity index (χ0) is 12.1. The minimum absolute atomic E-state index is 0.279. The molecule has 0 spiro atoms. The molecule has 4 heteroatoms. The lowest BCUT2D eigenvalue weighted by Gasteiger charge is -2.36. The van der Waals surface area contributed by atoms with Crippen LogP contribution in [0.25, 0.3) is 0 Å². The van der Waals surface area contributed by atoms with E-state index in [1.165, 1.54) is 19.4 Å². The summed E-state index contributed by atoms with van der Waals surface area (Å²) in [7, 11) is 0. The topological polar surface area (TPSA) is 33.7 Å². The van der Waals surface area contributed by atoms with Crippen molar-refractivity contribution in [2.24, 2.45) is 0 Å². The zero-order valence-corrected chi connectivity index (χ0v) is 11.2. The molecule has 0 saturated carbocycles. The SMILES string of the molecule is CC(C)NC1CCCN(CC2COCCO2)C1. The van der Waals surface area contributed by atoms with E-state index >= 15 is 0 Å². The van der Waals surface area contributed by atoms with E-state index in [2.05, 4.69) is 24.1 Å². The van der Waals surface area contributed by atoms with Gasteiger partial charge in [-0.15, -0.1) is 0 Å². The van der Waals surface area contributed by atoms with Crippen LogP contribution in [0.15, 0.2) is 0 Å². The first-order chi connectivity index (χ1) is 8.24. The van der Waals surface area contributed by atoms with Crippen LogP contribution in [0.2, 0.25) is 0 Å². The first kappa shape index (κ1) is 13.3. The molecular weight excluding hydrogens is 216 g/mol. The van der Waals surface area contributed by atoms with Crippen LogP contribution >= 0.6 is 0 Å². The molecule has 0 bridgehead atoms. The maximum Gasteiger partial charge on any atom is 0.0936 e. The monoisotopic (exact) mass is 242 g/mol. The van der Waals surface area contributed by atoms with E-state index in [9.17, 15) is 0 Å². The average molecular weight is 242 g/mol. The fourth-order valence-electron chi connectivity index (χ4n) is 2.76. The fraction of sp³-hybridized carbons (Fsp3) is 1.00. The lowest BCUT2D eigenvalue weighted by Crippen LogP contribution is -2.50. The largest absolute Gasteiger partial charge is 0.376 e. The summed E-state index contributed by atoms with van der Waals surface area (Å²) in [6.07, 6.45) is 2.87. The van der Waals surface area contributed by atoms with Crippen molar-refractivity contribution in [2.45, 2.75) is 44.9 Å². The molecule has 4 nitrogen and oxygen atoms in total. The Balaban J connectivity index is 1.72. The van der Waals surface area contributed by atoms with Crippen LogP contribution in [0.3, 0.4) is 0 Å². The van der Waals surface area contributed by atoms with Gasteiger partial charge in [0.15, 0.2) is 0 Å². The molecular formula is C13H26N2O2. The molecule has 0 aliphatic carbocycles. The third kappa shape index (κ3) is 4.54. The predicted octanol–water partition coefficient (Wildman–Crippen LogP) is 0.864. The van der Waals surface area contributed by atoms with Crippen LogP contribution in [0, 0.1) is 0 Å². The van der Waals surface area contributed by atoms with Gasteiger partial charge in [0, 0.05) is 25.2 Å². The third-order valence-electron chi connectivity index (χ3n) is 3.42. The predicted molar refractivity (Wildman–Crippen MR) is 68.3 cm³/mol. The second-order valence-corrected chi connectivity index (χ2v) is 5.49. The molecule has 2 aliphatic rings. The summed E-state index contributed by atoms with van der Waals surface area (Å²) in [5, 5.41) is 3.64. The van der Waals surface area contributed by atoms with E-state index in [0.29, 0.717) is 12.1 Å². The lowest BCUT2D eigenvalue weighted by atomic mass is 10.0. The van der Waals surface area contributed by atoms with Crippen LogP contribution < -0.4 is 5.32 Å². The van der Waals surface area contributed by atoms with E-state index in [0.717, 1.165) is 32.9 Å². The Labute approximate surface area is 105 Å². The van der Waals surface area contributed by atoms with E-state index in [-0.39, 0.29) is 6.10 Å². The van der Waals surface area contributed by atoms with Crippen molar-refractivity contribution in [3.8, 4) is 0 Å². The number of hydrogen-bond acceptors (Lipinski definition) is 4. The highest BCUT2D eigenvalue weighted by Crippen LogP contribution is 2.13. The van der Waals surface area contributed by atoms with Crippen molar-refractivity contribution in [2.75, 3.05) is 39.5 Å². The van der Waals surface area contributed by atoms with Crippen LogP contribution in [0.5, 0.6) is 0 Å². The van der Waals surface area contributed by atoms with Gasteiger partial charge >= 0.3 is 0 Å². The van der Waals surface area contributed by atoms with Crippen LogP contribution in [0.1, 0.15) is 26.7 Å². The van der Waals surface area contributed by atoms with Gasteiger partial charge in [0.1, 0.15) is 0 Å². The standard InChI is InChI=1S/C13H26N2O2/c1-11(2)14-12-4-3-5-15(8-12)9-13-10-16-6-7-17-13/h11-14H,3-10H2,1-2H3. The van der Waals surface area contributed by atoms with Gasteiger partial charge in [-0.05, 0) is 19.4 Å². The van der Waals surface area contributed by atoms with Crippen molar-refractivity contribution < 1.29 is 9.47 Å². The number of likely N-dealkylation sites (tertiary alicyclic amines) is 1. The minimum atomic E-state index is 0.279. The second kappa shape index (κ2) is 6.69. The van der Waals surface area contributed by atoms with Gasteiger partial charge in [-0.2, -0.15) is 0 Å². The highest BCUT2D eigenvalue weighted by Gasteiger charge is 2.24. The van der Waals surface area contributed by atoms with Crippen molar-refractivity contribution >= 4 is 0 Å². The van der Waals surface area contributed by atoms with Gasteiger partial charge in [-0.1, -0.05) is 13.8 Å². The van der Waals surface area contributed by atoms with Crippen LogP contribution in [-0.4, -0.2) is 62.5 Å². The molecule has 0 aromatic carbocycles. The Morgan fingerprint density at radius 1 is 1.35 bits per heavy atom. The quantitative estimate of drug-likeness (QED) is 0.793. The molecule has 100 valence electrons. The van der Waals surface area contributed by atoms with Crippen molar-refractivity contribution in [1.82, 2.24) is 10.2 Å². The highest BCUT2D eigenvalue weighted by molar-refractivity contribution is 4.81. The van der Waals surface area contributed by atoms with E-state index in [1.807, 2.05) is 0 Å². The maximum atomic E-state index is 5.71. The smallest absolute Gasteiger partial charge is 0.0936 e. The summed E-state index contributed by atoms with van der Waals surface area (Å²) in [6, 6.07) is 1.22. The van der Waals surface area contributed by atoms with Gasteiger partial charge in [0.25, 0.3) is 0 Å². The molecule has 2 unspecified atom stereocenters. The van der Waals surface area contributed by atoms with Gasteiger partial charge in [0.2, 0.25) is 0 Å². The molecule has 0 aromatic heterocycles. The Hall–Kier alpha value is -0.160. The molecule has 2 atom stereocenters. The Bertz CT molecular complexity index is 217. The van der Waals surface area contributed by atoms with Crippen LogP contribution in [-0.2, 0) is 9.47 Å². The number of ether oxygens (including phenoxy) is 2. The van der Waals surface area contributed by atoms with Crippen molar-refractivity contribution in [1.29, 1.82) is 0 Å². The van der Waals surface area contributed by atoms with Crippen molar-refractivity contribution in [3.63, 3.8) is 0 Å². The Kier molecular flexibility index (Phi) is 5.22. The molecule has 0 radical (unpaired) electrons. The maximum absolute atomic E-state index is 5.71.